The van der Waals surface area contributed by atoms with Gasteiger partial charge in [0.05, 0.1) is 29.7 Å². The molecule has 1 amide bonds. The fourth-order valence-corrected chi connectivity index (χ4v) is 2.61. The van der Waals surface area contributed by atoms with Crippen LogP contribution in [-0.4, -0.2) is 23.5 Å². The lowest BCUT2D eigenvalue weighted by molar-refractivity contribution is 0.0527. The predicted molar refractivity (Wildman–Crippen MR) is 107 cm³/mol. The van der Waals surface area contributed by atoms with E-state index < -0.39 is 5.97 Å². The summed E-state index contributed by atoms with van der Waals surface area (Å²) in [5.41, 5.74) is 2.65. The molecule has 0 fully saturated rings. The minimum atomic E-state index is -0.416. The molecule has 0 atom stereocenters. The molecule has 0 saturated heterocycles. The van der Waals surface area contributed by atoms with E-state index in [1.165, 1.54) is 18.3 Å². The van der Waals surface area contributed by atoms with E-state index in [4.69, 9.17) is 4.74 Å². The molecule has 1 heterocycles. The van der Waals surface area contributed by atoms with E-state index in [9.17, 15) is 14.0 Å². The van der Waals surface area contributed by atoms with E-state index >= 15 is 0 Å². The lowest BCUT2D eigenvalue weighted by Gasteiger charge is -2.11. The van der Waals surface area contributed by atoms with Gasteiger partial charge in [0, 0.05) is 6.54 Å². The summed E-state index contributed by atoms with van der Waals surface area (Å²) in [6.45, 7) is 2.31. The summed E-state index contributed by atoms with van der Waals surface area (Å²) < 4.78 is 18.0. The average molecular weight is 393 g/mol. The Morgan fingerprint density at radius 2 is 1.79 bits per heavy atom. The molecular weight excluding hydrogens is 373 g/mol. The number of aromatic nitrogens is 1. The van der Waals surface area contributed by atoms with Gasteiger partial charge in [-0.1, -0.05) is 24.3 Å². The average Bonchev–Trinajstić information content (AvgIpc) is 2.74. The summed E-state index contributed by atoms with van der Waals surface area (Å²) >= 11 is 0. The monoisotopic (exact) mass is 393 g/mol. The van der Waals surface area contributed by atoms with Gasteiger partial charge in [0.2, 0.25) is 0 Å². The quantitative estimate of drug-likeness (QED) is 0.592. The zero-order chi connectivity index (χ0) is 20.6. The van der Waals surface area contributed by atoms with Crippen LogP contribution in [-0.2, 0) is 11.3 Å². The summed E-state index contributed by atoms with van der Waals surface area (Å²) in [6.07, 6.45) is 1.51. The van der Waals surface area contributed by atoms with Crippen molar-refractivity contribution < 1.29 is 18.7 Å². The fourth-order valence-electron chi connectivity index (χ4n) is 2.61. The Kier molecular flexibility index (Phi) is 6.52. The first-order valence-electron chi connectivity index (χ1n) is 9.08. The highest BCUT2D eigenvalue weighted by atomic mass is 19.1. The highest BCUT2D eigenvalue weighted by molar-refractivity contribution is 5.96. The number of nitrogens with one attached hydrogen (secondary N) is 2. The first-order chi connectivity index (χ1) is 14.1. The lowest BCUT2D eigenvalue weighted by Crippen LogP contribution is -2.23. The van der Waals surface area contributed by atoms with Crippen molar-refractivity contribution in [2.75, 3.05) is 11.9 Å². The molecule has 29 heavy (non-hydrogen) atoms. The van der Waals surface area contributed by atoms with Gasteiger partial charge in [0.1, 0.15) is 11.5 Å². The van der Waals surface area contributed by atoms with Gasteiger partial charge in [0.25, 0.3) is 5.91 Å². The third-order valence-electron chi connectivity index (χ3n) is 4.06. The van der Waals surface area contributed by atoms with Gasteiger partial charge >= 0.3 is 5.97 Å². The Balaban J connectivity index is 1.64. The molecule has 1 aromatic heterocycles. The lowest BCUT2D eigenvalue weighted by atomic mass is 10.1. The van der Waals surface area contributed by atoms with Gasteiger partial charge < -0.3 is 15.4 Å². The Morgan fingerprint density at radius 1 is 1.03 bits per heavy atom. The van der Waals surface area contributed by atoms with Gasteiger partial charge in [-0.25, -0.2) is 14.2 Å². The third-order valence-corrected chi connectivity index (χ3v) is 4.06. The van der Waals surface area contributed by atoms with E-state index in [-0.39, 0.29) is 30.6 Å². The van der Waals surface area contributed by atoms with Crippen LogP contribution < -0.4 is 10.6 Å². The van der Waals surface area contributed by atoms with Gasteiger partial charge in [-0.2, -0.15) is 0 Å². The smallest absolute Gasteiger partial charge is 0.340 e. The standard InChI is InChI=1S/C22H20FN3O3/c1-2-29-22(28)18-5-3-4-6-19(18)26-17-11-12-20(24-14-17)21(27)25-13-15-7-9-16(23)10-8-15/h3-12,14,26H,2,13H2,1H3,(H,25,27). The second-order valence-electron chi connectivity index (χ2n) is 6.13. The number of nitrogens with zero attached hydrogens (tertiary/aromatic N) is 1. The highest BCUT2D eigenvalue weighted by Crippen LogP contribution is 2.21. The first-order valence-corrected chi connectivity index (χ1v) is 9.08. The molecule has 0 saturated carbocycles. The van der Waals surface area contributed by atoms with E-state index in [1.807, 2.05) is 0 Å². The molecule has 0 spiro atoms. The molecule has 3 rings (SSSR count). The van der Waals surface area contributed by atoms with Crippen LogP contribution in [0.3, 0.4) is 0 Å². The number of amides is 1. The number of ether oxygens (including phenoxy) is 1. The number of halogens is 1. The number of esters is 1. The second kappa shape index (κ2) is 9.45. The maximum atomic E-state index is 12.9. The number of anilines is 2. The van der Waals surface area contributed by atoms with Gasteiger partial charge in [-0.15, -0.1) is 0 Å². The van der Waals surface area contributed by atoms with Crippen molar-refractivity contribution in [3.05, 3.63) is 89.5 Å². The number of pyridine rings is 1. The number of carbonyl (C=O) groups is 2. The molecule has 3 aromatic rings. The second-order valence-corrected chi connectivity index (χ2v) is 6.13. The topological polar surface area (TPSA) is 80.3 Å². The largest absolute Gasteiger partial charge is 0.462 e. The van der Waals surface area contributed by atoms with E-state index in [0.717, 1.165) is 5.56 Å². The molecule has 2 aromatic carbocycles. The molecule has 0 aliphatic rings. The molecule has 0 aliphatic heterocycles. The van der Waals surface area contributed by atoms with Crippen molar-refractivity contribution in [1.82, 2.24) is 10.3 Å². The normalized spacial score (nSPS) is 10.3. The van der Waals surface area contributed by atoms with E-state index in [2.05, 4.69) is 15.6 Å². The van der Waals surface area contributed by atoms with Gasteiger partial charge in [-0.05, 0) is 48.9 Å². The third kappa shape index (κ3) is 5.38. The van der Waals surface area contributed by atoms with Crippen molar-refractivity contribution in [3.63, 3.8) is 0 Å². The number of rotatable bonds is 7. The van der Waals surface area contributed by atoms with E-state index in [1.54, 1.807) is 55.5 Å². The number of benzene rings is 2. The number of carbonyl (C=O) groups excluding carboxylic acids is 2. The van der Waals surface area contributed by atoms with E-state index in [0.29, 0.717) is 16.9 Å². The molecule has 148 valence electrons. The Bertz CT molecular complexity index is 989. The molecule has 6 nitrogen and oxygen atoms in total. The predicted octanol–water partition coefficient (Wildman–Crippen LogP) is 4.07. The summed E-state index contributed by atoms with van der Waals surface area (Å²) in [5.74, 6) is -1.08. The SMILES string of the molecule is CCOC(=O)c1ccccc1Nc1ccc(C(=O)NCc2ccc(F)cc2)nc1. The molecule has 0 radical (unpaired) electrons. The minimum absolute atomic E-state index is 0.247. The van der Waals surface area contributed by atoms with Crippen molar-refractivity contribution in [2.45, 2.75) is 13.5 Å². The van der Waals surface area contributed by atoms with Crippen LogP contribution in [0.5, 0.6) is 0 Å². The molecule has 7 heteroatoms. The summed E-state index contributed by atoms with van der Waals surface area (Å²) in [7, 11) is 0. The van der Waals surface area contributed by atoms with Gasteiger partial charge in [-0.3, -0.25) is 4.79 Å². The maximum absolute atomic E-state index is 12.9. The number of hydrogen-bond acceptors (Lipinski definition) is 5. The zero-order valence-electron chi connectivity index (χ0n) is 15.8. The Morgan fingerprint density at radius 3 is 2.48 bits per heavy atom. The minimum Gasteiger partial charge on any atom is -0.462 e. The van der Waals surface area contributed by atoms with Crippen LogP contribution in [0.15, 0.2) is 66.9 Å². The number of hydrogen-bond donors (Lipinski definition) is 2. The highest BCUT2D eigenvalue weighted by Gasteiger charge is 2.12. The summed E-state index contributed by atoms with van der Waals surface area (Å²) in [5, 5.41) is 5.85. The summed E-state index contributed by atoms with van der Waals surface area (Å²) in [4.78, 5) is 28.5. The maximum Gasteiger partial charge on any atom is 0.340 e. The molecule has 2 N–H and O–H groups in total. The summed E-state index contributed by atoms with van der Waals surface area (Å²) in [6, 6.07) is 16.2. The van der Waals surface area contributed by atoms with Crippen molar-refractivity contribution >= 4 is 23.3 Å². The van der Waals surface area contributed by atoms with Crippen LogP contribution in [0, 0.1) is 5.82 Å². The zero-order valence-corrected chi connectivity index (χ0v) is 15.8. The molecule has 0 bridgehead atoms. The van der Waals surface area contributed by atoms with Crippen LogP contribution >= 0.6 is 0 Å². The van der Waals surface area contributed by atoms with Crippen molar-refractivity contribution in [3.8, 4) is 0 Å². The Labute approximate surface area is 167 Å². The molecule has 0 unspecified atom stereocenters. The van der Waals surface area contributed by atoms with Crippen LogP contribution in [0.25, 0.3) is 0 Å². The van der Waals surface area contributed by atoms with Crippen molar-refractivity contribution in [1.29, 1.82) is 0 Å². The fraction of sp³-hybridized carbons (Fsp3) is 0.136. The van der Waals surface area contributed by atoms with Crippen LogP contribution in [0.2, 0.25) is 0 Å². The van der Waals surface area contributed by atoms with Crippen LogP contribution in [0.1, 0.15) is 33.3 Å². The molecular formula is C22H20FN3O3. The molecule has 0 aliphatic carbocycles. The van der Waals surface area contributed by atoms with Crippen molar-refractivity contribution in [2.24, 2.45) is 0 Å². The Hall–Kier alpha value is -3.74. The van der Waals surface area contributed by atoms with Crippen LogP contribution in [0.4, 0.5) is 15.8 Å². The van der Waals surface area contributed by atoms with Gasteiger partial charge in [0.15, 0.2) is 0 Å². The first kappa shape index (κ1) is 20.0. The number of para-hydroxylation sites is 1.